The second kappa shape index (κ2) is 21.9. The van der Waals surface area contributed by atoms with E-state index >= 15 is 0 Å². The number of ether oxygens (including phenoxy) is 2. The van der Waals surface area contributed by atoms with Crippen LogP contribution < -0.4 is 0 Å². The number of carbonyl (C=O) groups excluding carboxylic acids is 1. The van der Waals surface area contributed by atoms with Crippen molar-refractivity contribution in [1.82, 2.24) is 4.90 Å². The summed E-state index contributed by atoms with van der Waals surface area (Å²) in [5.74, 6) is 6.83. The number of hydrogen-bond acceptors (Lipinski definition) is 5. The SMILES string of the molecule is CC[Si](CC)(CC)O[C@@H](C#CCCOCc1ccccc1)[C@@H](/C=C\OC(=O)N(C(C)C)C(C)C)CCO[Si](C(C)C)(C(C)C)C(C)C. The number of hydrogen-bond donors (Lipinski definition) is 0. The summed E-state index contributed by atoms with van der Waals surface area (Å²) in [6.07, 6.45) is 4.25. The fraction of sp³-hybridized carbons (Fsp3) is 0.718. The third-order valence-electron chi connectivity index (χ3n) is 9.75. The maximum absolute atomic E-state index is 13.1. The van der Waals surface area contributed by atoms with Gasteiger partial charge >= 0.3 is 6.09 Å². The molecule has 0 aliphatic rings. The first-order valence-electron chi connectivity index (χ1n) is 18.3. The number of nitrogens with zero attached hydrogens (tertiary/aromatic N) is 1. The zero-order valence-electron chi connectivity index (χ0n) is 32.2. The van der Waals surface area contributed by atoms with Gasteiger partial charge in [-0.3, -0.25) is 0 Å². The topological polar surface area (TPSA) is 57.2 Å². The molecule has 268 valence electrons. The van der Waals surface area contributed by atoms with E-state index in [0.29, 0.717) is 42.9 Å². The minimum absolute atomic E-state index is 0.0395. The van der Waals surface area contributed by atoms with Crippen LogP contribution in [-0.4, -0.2) is 59.0 Å². The van der Waals surface area contributed by atoms with Gasteiger partial charge in [0.25, 0.3) is 0 Å². The lowest BCUT2D eigenvalue weighted by atomic mass is 9.99. The quantitative estimate of drug-likeness (QED) is 0.0557. The van der Waals surface area contributed by atoms with Gasteiger partial charge in [0, 0.05) is 31.0 Å². The third-order valence-corrected chi connectivity index (χ3v) is 20.5. The van der Waals surface area contributed by atoms with E-state index in [1.165, 1.54) is 0 Å². The predicted molar refractivity (Wildman–Crippen MR) is 203 cm³/mol. The minimum atomic E-state index is -2.06. The van der Waals surface area contributed by atoms with Crippen LogP contribution in [0.2, 0.25) is 34.8 Å². The first-order valence-corrected chi connectivity index (χ1v) is 23.0. The van der Waals surface area contributed by atoms with Gasteiger partial charge in [-0.25, -0.2) is 4.79 Å². The molecule has 0 saturated heterocycles. The van der Waals surface area contributed by atoms with Crippen molar-refractivity contribution >= 4 is 22.7 Å². The number of amides is 1. The van der Waals surface area contributed by atoms with E-state index in [0.717, 1.165) is 30.1 Å². The molecule has 0 aliphatic heterocycles. The molecule has 0 N–H and O–H groups in total. The van der Waals surface area contributed by atoms with Crippen molar-refractivity contribution in [2.75, 3.05) is 13.2 Å². The van der Waals surface area contributed by atoms with Crippen LogP contribution in [0.4, 0.5) is 4.79 Å². The molecule has 1 amide bonds. The second-order valence-corrected chi connectivity index (χ2v) is 24.5. The summed E-state index contributed by atoms with van der Waals surface area (Å²) in [5.41, 5.74) is 2.65. The fourth-order valence-corrected chi connectivity index (χ4v) is 15.3. The molecule has 47 heavy (non-hydrogen) atoms. The average Bonchev–Trinajstić information content (AvgIpc) is 3.01. The van der Waals surface area contributed by atoms with E-state index in [-0.39, 0.29) is 30.2 Å². The summed E-state index contributed by atoms with van der Waals surface area (Å²) in [4.78, 5) is 14.8. The molecule has 0 heterocycles. The molecular formula is C39H69NO5Si2. The maximum atomic E-state index is 13.1. The van der Waals surface area contributed by atoms with Crippen LogP contribution in [0.3, 0.4) is 0 Å². The highest BCUT2D eigenvalue weighted by Crippen LogP contribution is 2.42. The Balaban J connectivity index is 3.37. The maximum Gasteiger partial charge on any atom is 0.415 e. The van der Waals surface area contributed by atoms with Crippen molar-refractivity contribution in [3.05, 3.63) is 48.2 Å². The van der Waals surface area contributed by atoms with Crippen molar-refractivity contribution in [2.24, 2.45) is 5.92 Å². The molecule has 0 unspecified atom stereocenters. The van der Waals surface area contributed by atoms with Gasteiger partial charge in [0.05, 0.1) is 19.5 Å². The number of carbonyl (C=O) groups is 1. The van der Waals surface area contributed by atoms with Gasteiger partial charge in [-0.2, -0.15) is 0 Å². The molecule has 1 rings (SSSR count). The Morgan fingerprint density at radius 1 is 0.830 bits per heavy atom. The Bertz CT molecular complexity index is 1050. The van der Waals surface area contributed by atoms with Crippen molar-refractivity contribution in [2.45, 2.75) is 162 Å². The van der Waals surface area contributed by atoms with E-state index in [1.54, 1.807) is 11.2 Å². The Morgan fingerprint density at radius 3 is 1.87 bits per heavy atom. The highest BCUT2D eigenvalue weighted by atomic mass is 28.4. The molecular weight excluding hydrogens is 619 g/mol. The molecule has 1 aromatic carbocycles. The lowest BCUT2D eigenvalue weighted by Crippen LogP contribution is -2.48. The lowest BCUT2D eigenvalue weighted by molar-refractivity contribution is 0.108. The van der Waals surface area contributed by atoms with Crippen LogP contribution in [-0.2, 0) is 24.9 Å². The van der Waals surface area contributed by atoms with Crippen LogP contribution in [0.15, 0.2) is 42.7 Å². The molecule has 0 radical (unpaired) electrons. The van der Waals surface area contributed by atoms with Crippen molar-refractivity contribution in [3.63, 3.8) is 0 Å². The van der Waals surface area contributed by atoms with Gasteiger partial charge in [-0.05, 0) is 80.5 Å². The summed E-state index contributed by atoms with van der Waals surface area (Å²) in [7, 11) is -4.07. The summed E-state index contributed by atoms with van der Waals surface area (Å²) in [6.45, 7) is 30.4. The smallest absolute Gasteiger partial charge is 0.415 e. The van der Waals surface area contributed by atoms with E-state index in [9.17, 15) is 4.79 Å². The average molecular weight is 688 g/mol. The van der Waals surface area contributed by atoms with Gasteiger partial charge < -0.3 is 23.2 Å². The fourth-order valence-electron chi connectivity index (χ4n) is 7.05. The molecule has 8 heteroatoms. The summed E-state index contributed by atoms with van der Waals surface area (Å²) < 4.78 is 25.8. The monoisotopic (exact) mass is 687 g/mol. The Morgan fingerprint density at radius 2 is 1.38 bits per heavy atom. The first-order chi connectivity index (χ1) is 22.2. The Hall–Kier alpha value is -1.90. The third kappa shape index (κ3) is 13.5. The molecule has 0 fully saturated rings. The van der Waals surface area contributed by atoms with Crippen LogP contribution in [0.5, 0.6) is 0 Å². The molecule has 0 spiro atoms. The normalized spacial score (nSPS) is 13.9. The molecule has 6 nitrogen and oxygen atoms in total. The van der Waals surface area contributed by atoms with Crippen LogP contribution in [0.1, 0.15) is 108 Å². The highest BCUT2D eigenvalue weighted by Gasteiger charge is 2.45. The Labute approximate surface area is 291 Å². The van der Waals surface area contributed by atoms with Crippen LogP contribution in [0, 0.1) is 17.8 Å². The molecule has 1 aromatic rings. The van der Waals surface area contributed by atoms with Crippen LogP contribution in [0.25, 0.3) is 0 Å². The van der Waals surface area contributed by atoms with Gasteiger partial charge in [0.2, 0.25) is 0 Å². The van der Waals surface area contributed by atoms with Crippen molar-refractivity contribution < 1.29 is 23.1 Å². The van der Waals surface area contributed by atoms with E-state index < -0.39 is 16.6 Å². The zero-order chi connectivity index (χ0) is 35.6. The second-order valence-electron chi connectivity index (χ2n) is 14.3. The summed E-state index contributed by atoms with van der Waals surface area (Å²) in [6, 6.07) is 13.4. The van der Waals surface area contributed by atoms with Gasteiger partial charge in [0.15, 0.2) is 16.6 Å². The molecule has 0 saturated carbocycles. The predicted octanol–water partition coefficient (Wildman–Crippen LogP) is 11.0. The van der Waals surface area contributed by atoms with Crippen LogP contribution >= 0.6 is 0 Å². The van der Waals surface area contributed by atoms with E-state index in [1.807, 2.05) is 52.0 Å². The first kappa shape index (κ1) is 43.1. The van der Waals surface area contributed by atoms with Gasteiger partial charge in [0.1, 0.15) is 6.10 Å². The van der Waals surface area contributed by atoms with Crippen molar-refractivity contribution in [3.8, 4) is 11.8 Å². The number of benzene rings is 1. The number of rotatable bonds is 21. The van der Waals surface area contributed by atoms with E-state index in [2.05, 4.69) is 86.3 Å². The summed E-state index contributed by atoms with van der Waals surface area (Å²) in [5, 5.41) is 0. The van der Waals surface area contributed by atoms with Crippen molar-refractivity contribution in [1.29, 1.82) is 0 Å². The standard InChI is InChI=1S/C39H69NO5Si2/c1-14-46(15-2,16-3)45-38(24-20-21-27-42-30-36-22-18-17-19-23-36)37(25-28-43-39(41)40(31(4)5)32(6)7)26-29-44-47(33(8)9,34(10)11)35(12)13/h17-19,22-23,25,28,31-35,37-38H,14-16,21,26-27,29-30H2,1-13H3/b28-25-/t37-,38-/m0/s1. The molecule has 0 bridgehead atoms. The van der Waals surface area contributed by atoms with Gasteiger partial charge in [-0.15, -0.1) is 0 Å². The zero-order valence-corrected chi connectivity index (χ0v) is 34.2. The molecule has 2 atom stereocenters. The molecule has 0 aliphatic carbocycles. The minimum Gasteiger partial charge on any atom is -0.418 e. The molecule has 0 aromatic heterocycles. The van der Waals surface area contributed by atoms with E-state index in [4.69, 9.17) is 18.3 Å². The highest BCUT2D eigenvalue weighted by molar-refractivity contribution is 6.77. The lowest BCUT2D eigenvalue weighted by Gasteiger charge is -2.42. The summed E-state index contributed by atoms with van der Waals surface area (Å²) >= 11 is 0. The Kier molecular flexibility index (Phi) is 20.1. The largest absolute Gasteiger partial charge is 0.418 e. The van der Waals surface area contributed by atoms with Gasteiger partial charge in [-0.1, -0.05) is 104 Å².